The number of hydrogen-bond acceptors (Lipinski definition) is 8. The van der Waals surface area contributed by atoms with Gasteiger partial charge in [-0.05, 0) is 12.1 Å². The standard InChI is InChI=1S/C13H13N3O3S2/c14-13-15-10(8-21-13)11(16-18)12(17)19-6-7-20-9-4-2-1-3-5-9/h1-5,8,18H,6-7H2,(H2,14,15). The molecule has 6 nitrogen and oxygen atoms in total. The molecule has 0 saturated carbocycles. The molecule has 0 aliphatic heterocycles. The third-order valence-corrected chi connectivity index (χ3v) is 4.04. The van der Waals surface area contributed by atoms with Gasteiger partial charge in [-0.1, -0.05) is 23.4 Å². The molecule has 0 fully saturated rings. The minimum Gasteiger partial charge on any atom is -0.460 e. The van der Waals surface area contributed by atoms with Gasteiger partial charge >= 0.3 is 5.97 Å². The van der Waals surface area contributed by atoms with Crippen LogP contribution in [-0.4, -0.2) is 34.2 Å². The lowest BCUT2D eigenvalue weighted by Crippen LogP contribution is -2.20. The second kappa shape index (κ2) is 7.65. The Balaban J connectivity index is 1.81. The van der Waals surface area contributed by atoms with Crippen molar-refractivity contribution in [1.82, 2.24) is 4.98 Å². The van der Waals surface area contributed by atoms with E-state index in [1.807, 2.05) is 30.3 Å². The number of carbonyl (C=O) groups is 1. The third-order valence-electron chi connectivity index (χ3n) is 2.39. The largest absolute Gasteiger partial charge is 0.460 e. The zero-order chi connectivity index (χ0) is 15.1. The van der Waals surface area contributed by atoms with Gasteiger partial charge in [-0.3, -0.25) is 0 Å². The molecule has 0 unspecified atom stereocenters. The maximum absolute atomic E-state index is 11.8. The van der Waals surface area contributed by atoms with Gasteiger partial charge in [0.2, 0.25) is 5.71 Å². The summed E-state index contributed by atoms with van der Waals surface area (Å²) in [5, 5.41) is 13.7. The van der Waals surface area contributed by atoms with Gasteiger partial charge in [-0.25, -0.2) is 9.78 Å². The number of thioether (sulfide) groups is 1. The first-order chi connectivity index (χ1) is 10.2. The summed E-state index contributed by atoms with van der Waals surface area (Å²) < 4.78 is 5.05. The molecular weight excluding hydrogens is 310 g/mol. The molecular formula is C13H13N3O3S2. The molecule has 0 aliphatic rings. The predicted octanol–water partition coefficient (Wildman–Crippen LogP) is 2.24. The first-order valence-corrected chi connectivity index (χ1v) is 7.85. The molecule has 0 spiro atoms. The number of benzene rings is 1. The molecule has 2 aromatic rings. The lowest BCUT2D eigenvalue weighted by Gasteiger charge is -2.04. The highest BCUT2D eigenvalue weighted by molar-refractivity contribution is 7.99. The van der Waals surface area contributed by atoms with E-state index in [1.54, 1.807) is 11.8 Å². The molecule has 0 aliphatic carbocycles. The molecule has 2 rings (SSSR count). The summed E-state index contributed by atoms with van der Waals surface area (Å²) in [7, 11) is 0. The number of ether oxygens (including phenoxy) is 1. The van der Waals surface area contributed by atoms with Crippen LogP contribution < -0.4 is 5.73 Å². The fraction of sp³-hybridized carbons (Fsp3) is 0.154. The quantitative estimate of drug-likeness (QED) is 0.211. The van der Waals surface area contributed by atoms with Gasteiger partial charge in [0.25, 0.3) is 0 Å². The molecule has 3 N–H and O–H groups in total. The van der Waals surface area contributed by atoms with Crippen molar-refractivity contribution in [2.24, 2.45) is 5.16 Å². The van der Waals surface area contributed by atoms with Crippen molar-refractivity contribution in [3.63, 3.8) is 0 Å². The van der Waals surface area contributed by atoms with Crippen molar-refractivity contribution in [3.8, 4) is 0 Å². The Kier molecular flexibility index (Phi) is 5.59. The van der Waals surface area contributed by atoms with E-state index in [0.717, 1.165) is 16.2 Å². The van der Waals surface area contributed by atoms with Gasteiger partial charge in [-0.15, -0.1) is 23.1 Å². The molecule has 0 atom stereocenters. The first-order valence-electron chi connectivity index (χ1n) is 5.99. The van der Waals surface area contributed by atoms with E-state index < -0.39 is 5.97 Å². The number of carbonyl (C=O) groups excluding carboxylic acids is 1. The van der Waals surface area contributed by atoms with Gasteiger partial charge in [-0.2, -0.15) is 0 Å². The van der Waals surface area contributed by atoms with Crippen LogP contribution >= 0.6 is 23.1 Å². The van der Waals surface area contributed by atoms with Gasteiger partial charge in [0.15, 0.2) is 5.13 Å². The van der Waals surface area contributed by atoms with E-state index in [9.17, 15) is 4.79 Å². The van der Waals surface area contributed by atoms with Crippen LogP contribution in [0.4, 0.5) is 5.13 Å². The number of esters is 1. The molecule has 1 heterocycles. The van der Waals surface area contributed by atoms with E-state index in [4.69, 9.17) is 15.7 Å². The summed E-state index contributed by atoms with van der Waals surface area (Å²) in [6, 6.07) is 9.78. The highest BCUT2D eigenvalue weighted by Gasteiger charge is 2.19. The molecule has 21 heavy (non-hydrogen) atoms. The number of nitrogen functional groups attached to an aromatic ring is 1. The second-order valence-electron chi connectivity index (χ2n) is 3.82. The molecule has 110 valence electrons. The number of hydrogen-bond donors (Lipinski definition) is 2. The summed E-state index contributed by atoms with van der Waals surface area (Å²) in [5.74, 6) is -0.121. The Morgan fingerprint density at radius 3 is 2.81 bits per heavy atom. The average Bonchev–Trinajstić information content (AvgIpc) is 2.92. The van der Waals surface area contributed by atoms with E-state index >= 15 is 0 Å². The maximum atomic E-state index is 11.8. The highest BCUT2D eigenvalue weighted by Crippen LogP contribution is 2.17. The van der Waals surface area contributed by atoms with Crippen molar-refractivity contribution in [2.45, 2.75) is 4.90 Å². The summed E-state index contributed by atoms with van der Waals surface area (Å²) in [5.41, 5.74) is 5.44. The van der Waals surface area contributed by atoms with Gasteiger partial charge in [0.1, 0.15) is 12.3 Å². The van der Waals surface area contributed by atoms with Crippen LogP contribution in [-0.2, 0) is 9.53 Å². The Morgan fingerprint density at radius 1 is 1.43 bits per heavy atom. The fourth-order valence-electron chi connectivity index (χ4n) is 1.47. The second-order valence-corrected chi connectivity index (χ2v) is 5.88. The fourth-order valence-corrected chi connectivity index (χ4v) is 2.77. The molecule has 1 aromatic carbocycles. The molecule has 1 aromatic heterocycles. The van der Waals surface area contributed by atoms with Gasteiger partial charge in [0, 0.05) is 16.0 Å². The van der Waals surface area contributed by atoms with Crippen LogP contribution in [0, 0.1) is 0 Å². The third kappa shape index (κ3) is 4.47. The number of oxime groups is 1. The molecule has 0 radical (unpaired) electrons. The normalized spacial score (nSPS) is 11.3. The minimum absolute atomic E-state index is 0.205. The predicted molar refractivity (Wildman–Crippen MR) is 83.0 cm³/mol. The molecule has 0 saturated heterocycles. The molecule has 0 bridgehead atoms. The lowest BCUT2D eigenvalue weighted by molar-refractivity contribution is -0.135. The number of aromatic nitrogens is 1. The smallest absolute Gasteiger partial charge is 0.362 e. The lowest BCUT2D eigenvalue weighted by atomic mass is 10.3. The number of nitrogens with zero attached hydrogens (tertiary/aromatic N) is 2. The Hall–Kier alpha value is -2.06. The summed E-state index contributed by atoms with van der Waals surface area (Å²) in [6.45, 7) is 0.205. The maximum Gasteiger partial charge on any atom is 0.362 e. The number of rotatable bonds is 6. The SMILES string of the molecule is Nc1nc(C(=NO)C(=O)OCCSc2ccccc2)cs1. The summed E-state index contributed by atoms with van der Waals surface area (Å²) >= 11 is 2.72. The van der Waals surface area contributed by atoms with Crippen molar-refractivity contribution in [3.05, 3.63) is 41.4 Å². The topological polar surface area (TPSA) is 97.8 Å². The first kappa shape index (κ1) is 15.3. The van der Waals surface area contributed by atoms with Crippen molar-refractivity contribution < 1.29 is 14.7 Å². The Bertz CT molecular complexity index is 629. The number of nitrogens with two attached hydrogens (primary N) is 1. The van der Waals surface area contributed by atoms with Crippen LogP contribution in [0.3, 0.4) is 0 Å². The average molecular weight is 323 g/mol. The van der Waals surface area contributed by atoms with Crippen LogP contribution in [0.1, 0.15) is 5.69 Å². The molecule has 0 amide bonds. The van der Waals surface area contributed by atoms with E-state index in [2.05, 4.69) is 10.1 Å². The highest BCUT2D eigenvalue weighted by atomic mass is 32.2. The van der Waals surface area contributed by atoms with Crippen LogP contribution in [0.15, 0.2) is 45.8 Å². The van der Waals surface area contributed by atoms with E-state index in [0.29, 0.717) is 10.9 Å². The zero-order valence-corrected chi connectivity index (χ0v) is 12.6. The van der Waals surface area contributed by atoms with E-state index in [1.165, 1.54) is 5.38 Å². The van der Waals surface area contributed by atoms with Crippen molar-refractivity contribution >= 4 is 39.9 Å². The number of anilines is 1. The Morgan fingerprint density at radius 2 is 2.19 bits per heavy atom. The summed E-state index contributed by atoms with van der Waals surface area (Å²) in [4.78, 5) is 16.8. The van der Waals surface area contributed by atoms with Gasteiger partial charge in [0.05, 0.1) is 0 Å². The molecule has 8 heteroatoms. The van der Waals surface area contributed by atoms with Gasteiger partial charge < -0.3 is 15.7 Å². The number of thiazole rings is 1. The zero-order valence-electron chi connectivity index (χ0n) is 10.9. The van der Waals surface area contributed by atoms with Crippen LogP contribution in [0.25, 0.3) is 0 Å². The Labute approximate surface area is 129 Å². The van der Waals surface area contributed by atoms with Crippen molar-refractivity contribution in [2.75, 3.05) is 18.1 Å². The monoisotopic (exact) mass is 323 g/mol. The van der Waals surface area contributed by atoms with Crippen molar-refractivity contribution in [1.29, 1.82) is 0 Å². The van der Waals surface area contributed by atoms with Crippen LogP contribution in [0.5, 0.6) is 0 Å². The van der Waals surface area contributed by atoms with Crippen LogP contribution in [0.2, 0.25) is 0 Å². The minimum atomic E-state index is -0.725. The summed E-state index contributed by atoms with van der Waals surface area (Å²) in [6.07, 6.45) is 0. The van der Waals surface area contributed by atoms with E-state index in [-0.39, 0.29) is 18.0 Å².